The topological polar surface area (TPSA) is 49.0 Å². The van der Waals surface area contributed by atoms with Crippen molar-refractivity contribution in [3.05, 3.63) is 42.0 Å². The molecule has 2 aromatic carbocycles. The van der Waals surface area contributed by atoms with Gasteiger partial charge in [0, 0.05) is 24.4 Å². The van der Waals surface area contributed by atoms with Gasteiger partial charge >= 0.3 is 0 Å². The lowest BCUT2D eigenvalue weighted by atomic mass is 10.2. The van der Waals surface area contributed by atoms with Crippen molar-refractivity contribution >= 4 is 5.69 Å². The molecule has 0 aliphatic rings. The Morgan fingerprint density at radius 1 is 0.870 bits per heavy atom. The predicted octanol–water partition coefficient (Wildman–Crippen LogP) is 3.51. The lowest BCUT2D eigenvalue weighted by molar-refractivity contribution is 0.324. The average Bonchev–Trinajstić information content (AvgIpc) is 2.59. The molecule has 0 aliphatic heterocycles. The molecule has 0 unspecified atom stereocenters. The Kier molecular flexibility index (Phi) is 5.97. The average molecular weight is 317 g/mol. The second kappa shape index (κ2) is 8.17. The molecule has 5 nitrogen and oxygen atoms in total. The van der Waals surface area contributed by atoms with E-state index in [0.717, 1.165) is 11.4 Å². The predicted molar refractivity (Wildman–Crippen MR) is 91.3 cm³/mol. The molecule has 0 aliphatic carbocycles. The third-order valence-electron chi connectivity index (χ3n) is 3.39. The van der Waals surface area contributed by atoms with Gasteiger partial charge in [0.05, 0.1) is 21.3 Å². The molecule has 0 heterocycles. The van der Waals surface area contributed by atoms with Crippen LogP contribution in [0.3, 0.4) is 0 Å². The number of rotatable bonds is 8. The van der Waals surface area contributed by atoms with E-state index in [1.165, 1.54) is 5.56 Å². The summed E-state index contributed by atoms with van der Waals surface area (Å²) in [6, 6.07) is 11.7. The molecular weight excluding hydrogens is 294 g/mol. The molecule has 1 N–H and O–H groups in total. The van der Waals surface area contributed by atoms with Crippen LogP contribution in [0.15, 0.2) is 36.4 Å². The molecule has 5 heteroatoms. The van der Waals surface area contributed by atoms with Crippen molar-refractivity contribution in [1.29, 1.82) is 0 Å². The summed E-state index contributed by atoms with van der Waals surface area (Å²) in [4.78, 5) is 0. The zero-order valence-corrected chi connectivity index (χ0v) is 14.0. The van der Waals surface area contributed by atoms with Gasteiger partial charge in [0.2, 0.25) is 5.75 Å². The fourth-order valence-electron chi connectivity index (χ4n) is 2.18. The molecule has 0 atom stereocenters. The molecule has 0 saturated heterocycles. The van der Waals surface area contributed by atoms with E-state index in [0.29, 0.717) is 30.4 Å². The van der Waals surface area contributed by atoms with Crippen LogP contribution in [0.5, 0.6) is 23.0 Å². The summed E-state index contributed by atoms with van der Waals surface area (Å²) in [5, 5.41) is 3.29. The van der Waals surface area contributed by atoms with Gasteiger partial charge in [-0.1, -0.05) is 17.7 Å². The number of benzene rings is 2. The third kappa shape index (κ3) is 4.45. The van der Waals surface area contributed by atoms with Crippen LogP contribution < -0.4 is 24.3 Å². The number of aryl methyl sites for hydroxylation is 1. The number of anilines is 1. The molecule has 2 aromatic rings. The molecular formula is C18H23NO4. The summed E-state index contributed by atoms with van der Waals surface area (Å²) in [6.07, 6.45) is 0. The van der Waals surface area contributed by atoms with Crippen molar-refractivity contribution in [2.75, 3.05) is 39.8 Å². The van der Waals surface area contributed by atoms with Gasteiger partial charge in [0.15, 0.2) is 11.5 Å². The Morgan fingerprint density at radius 3 is 2.00 bits per heavy atom. The molecule has 2 rings (SSSR count). The van der Waals surface area contributed by atoms with Gasteiger partial charge in [0.1, 0.15) is 12.4 Å². The Labute approximate surface area is 137 Å². The maximum absolute atomic E-state index is 5.69. The quantitative estimate of drug-likeness (QED) is 0.755. The Morgan fingerprint density at radius 2 is 1.48 bits per heavy atom. The first-order chi connectivity index (χ1) is 11.2. The summed E-state index contributed by atoms with van der Waals surface area (Å²) in [6.45, 7) is 3.27. The van der Waals surface area contributed by atoms with E-state index in [1.807, 2.05) is 36.4 Å². The van der Waals surface area contributed by atoms with Crippen molar-refractivity contribution in [3.8, 4) is 23.0 Å². The van der Waals surface area contributed by atoms with Crippen LogP contribution in [0.1, 0.15) is 5.56 Å². The summed E-state index contributed by atoms with van der Waals surface area (Å²) >= 11 is 0. The van der Waals surface area contributed by atoms with Gasteiger partial charge in [-0.05, 0) is 19.1 Å². The van der Waals surface area contributed by atoms with Gasteiger partial charge < -0.3 is 24.3 Å². The number of methoxy groups -OCH3 is 3. The Hall–Kier alpha value is -2.56. The van der Waals surface area contributed by atoms with E-state index in [2.05, 4.69) is 12.2 Å². The number of hydrogen-bond donors (Lipinski definition) is 1. The highest BCUT2D eigenvalue weighted by Gasteiger charge is 2.12. The fraction of sp³-hybridized carbons (Fsp3) is 0.333. The number of ether oxygens (including phenoxy) is 4. The van der Waals surface area contributed by atoms with Gasteiger partial charge in [0.25, 0.3) is 0 Å². The van der Waals surface area contributed by atoms with E-state index in [4.69, 9.17) is 18.9 Å². The lowest BCUT2D eigenvalue weighted by Gasteiger charge is -2.15. The molecule has 124 valence electrons. The molecule has 0 saturated carbocycles. The summed E-state index contributed by atoms with van der Waals surface area (Å²) < 4.78 is 21.7. The molecule has 0 bridgehead atoms. The highest BCUT2D eigenvalue weighted by molar-refractivity contribution is 5.62. The smallest absolute Gasteiger partial charge is 0.203 e. The van der Waals surface area contributed by atoms with Gasteiger partial charge in [-0.15, -0.1) is 0 Å². The summed E-state index contributed by atoms with van der Waals surface area (Å²) in [5.74, 6) is 2.68. The van der Waals surface area contributed by atoms with Gasteiger partial charge in [-0.25, -0.2) is 0 Å². The monoisotopic (exact) mass is 317 g/mol. The van der Waals surface area contributed by atoms with Crippen molar-refractivity contribution in [2.24, 2.45) is 0 Å². The van der Waals surface area contributed by atoms with Crippen molar-refractivity contribution in [2.45, 2.75) is 6.92 Å². The third-order valence-corrected chi connectivity index (χ3v) is 3.39. The van der Waals surface area contributed by atoms with Crippen molar-refractivity contribution < 1.29 is 18.9 Å². The van der Waals surface area contributed by atoms with E-state index < -0.39 is 0 Å². The SMILES string of the molecule is COc1cc(NCCOc2ccc(C)cc2)cc(OC)c1OC. The summed E-state index contributed by atoms with van der Waals surface area (Å²) in [5.41, 5.74) is 2.10. The molecule has 0 radical (unpaired) electrons. The minimum atomic E-state index is 0.555. The van der Waals surface area contributed by atoms with Crippen LogP contribution in [-0.2, 0) is 0 Å². The van der Waals surface area contributed by atoms with E-state index in [1.54, 1.807) is 21.3 Å². The second-order valence-electron chi connectivity index (χ2n) is 5.00. The fourth-order valence-corrected chi connectivity index (χ4v) is 2.18. The lowest BCUT2D eigenvalue weighted by Crippen LogP contribution is -2.11. The normalized spacial score (nSPS) is 10.1. The Bertz CT molecular complexity index is 600. The number of nitrogens with one attached hydrogen (secondary N) is 1. The highest BCUT2D eigenvalue weighted by atomic mass is 16.5. The van der Waals surface area contributed by atoms with E-state index in [-0.39, 0.29) is 0 Å². The van der Waals surface area contributed by atoms with Crippen LogP contribution >= 0.6 is 0 Å². The van der Waals surface area contributed by atoms with Gasteiger partial charge in [-0.3, -0.25) is 0 Å². The first kappa shape index (κ1) is 16.8. The second-order valence-corrected chi connectivity index (χ2v) is 5.00. The van der Waals surface area contributed by atoms with Gasteiger partial charge in [-0.2, -0.15) is 0 Å². The zero-order valence-electron chi connectivity index (χ0n) is 14.0. The Balaban J connectivity index is 1.93. The highest BCUT2D eigenvalue weighted by Crippen LogP contribution is 2.39. The minimum Gasteiger partial charge on any atom is -0.493 e. The van der Waals surface area contributed by atoms with Crippen molar-refractivity contribution in [1.82, 2.24) is 0 Å². The molecule has 0 spiro atoms. The van der Waals surface area contributed by atoms with Crippen LogP contribution in [0.4, 0.5) is 5.69 Å². The summed E-state index contributed by atoms with van der Waals surface area (Å²) in [7, 11) is 4.78. The molecule has 23 heavy (non-hydrogen) atoms. The standard InChI is InChI=1S/C18H23NO4/c1-13-5-7-15(8-6-13)23-10-9-19-14-11-16(20-2)18(22-4)17(12-14)21-3/h5-8,11-12,19H,9-10H2,1-4H3. The first-order valence-corrected chi connectivity index (χ1v) is 7.41. The van der Waals surface area contributed by atoms with Crippen LogP contribution in [0.2, 0.25) is 0 Å². The van der Waals surface area contributed by atoms with E-state index >= 15 is 0 Å². The minimum absolute atomic E-state index is 0.555. The largest absolute Gasteiger partial charge is 0.493 e. The maximum Gasteiger partial charge on any atom is 0.203 e. The van der Waals surface area contributed by atoms with Crippen LogP contribution in [0.25, 0.3) is 0 Å². The molecule has 0 fully saturated rings. The number of hydrogen-bond acceptors (Lipinski definition) is 5. The van der Waals surface area contributed by atoms with E-state index in [9.17, 15) is 0 Å². The van der Waals surface area contributed by atoms with Crippen LogP contribution in [-0.4, -0.2) is 34.5 Å². The first-order valence-electron chi connectivity index (χ1n) is 7.41. The van der Waals surface area contributed by atoms with Crippen molar-refractivity contribution in [3.63, 3.8) is 0 Å². The maximum atomic E-state index is 5.69. The molecule has 0 aromatic heterocycles. The molecule has 0 amide bonds. The van der Waals surface area contributed by atoms with Crippen LogP contribution in [0, 0.1) is 6.92 Å². The zero-order chi connectivity index (χ0) is 16.7.